The standard InChI is InChI=1S/C11H11FN6O3/c1-17(4-8-14-5-15-16-8)11(19)9-6(12)2-3-7(10(9)13)18(20)21/h2-3,5H,4,13H2,1H3,(H,14,15,16). The van der Waals surface area contributed by atoms with Crippen LogP contribution < -0.4 is 5.73 Å². The molecule has 0 aliphatic heterocycles. The van der Waals surface area contributed by atoms with Gasteiger partial charge in [0, 0.05) is 13.1 Å². The third kappa shape index (κ3) is 2.78. The number of carbonyl (C=O) groups is 1. The number of nitrogens with two attached hydrogens (primary N) is 1. The van der Waals surface area contributed by atoms with E-state index in [2.05, 4.69) is 15.2 Å². The van der Waals surface area contributed by atoms with Crippen molar-refractivity contribution in [3.05, 3.63) is 45.8 Å². The number of amides is 1. The molecule has 0 fully saturated rings. The fourth-order valence-electron chi connectivity index (χ4n) is 1.75. The van der Waals surface area contributed by atoms with Gasteiger partial charge in [0.05, 0.1) is 11.5 Å². The molecule has 3 N–H and O–H groups in total. The molecule has 10 heteroatoms. The largest absolute Gasteiger partial charge is 0.392 e. The maximum Gasteiger partial charge on any atom is 0.293 e. The lowest BCUT2D eigenvalue weighted by atomic mass is 10.1. The van der Waals surface area contributed by atoms with Crippen LogP contribution in [-0.4, -0.2) is 38.0 Å². The molecule has 0 aliphatic carbocycles. The number of H-pyrrole nitrogens is 1. The summed E-state index contributed by atoms with van der Waals surface area (Å²) in [5.74, 6) is -1.33. The SMILES string of the molecule is CN(Cc1ncn[nH]1)C(=O)c1c(F)ccc([N+](=O)[O-])c1N. The van der Waals surface area contributed by atoms with Gasteiger partial charge < -0.3 is 10.6 Å². The average Bonchev–Trinajstić information content (AvgIpc) is 2.90. The van der Waals surface area contributed by atoms with Gasteiger partial charge in [-0.05, 0) is 6.07 Å². The highest BCUT2D eigenvalue weighted by Gasteiger charge is 2.26. The van der Waals surface area contributed by atoms with Crippen LogP contribution >= 0.6 is 0 Å². The number of aromatic amines is 1. The lowest BCUT2D eigenvalue weighted by molar-refractivity contribution is -0.384. The molecule has 110 valence electrons. The van der Waals surface area contributed by atoms with E-state index < -0.39 is 33.6 Å². The van der Waals surface area contributed by atoms with Gasteiger partial charge in [-0.1, -0.05) is 0 Å². The van der Waals surface area contributed by atoms with E-state index in [0.29, 0.717) is 5.82 Å². The van der Waals surface area contributed by atoms with Crippen LogP contribution in [-0.2, 0) is 6.54 Å². The molecule has 1 aromatic heterocycles. The van der Waals surface area contributed by atoms with Crippen LogP contribution in [0.4, 0.5) is 15.8 Å². The molecule has 2 aromatic rings. The number of halogens is 1. The fourth-order valence-corrected chi connectivity index (χ4v) is 1.75. The van der Waals surface area contributed by atoms with Crippen molar-refractivity contribution in [1.82, 2.24) is 20.1 Å². The maximum absolute atomic E-state index is 13.8. The van der Waals surface area contributed by atoms with Crippen LogP contribution in [0.3, 0.4) is 0 Å². The quantitative estimate of drug-likeness (QED) is 0.485. The number of rotatable bonds is 4. The summed E-state index contributed by atoms with van der Waals surface area (Å²) >= 11 is 0. The van der Waals surface area contributed by atoms with Crippen LogP contribution in [0.5, 0.6) is 0 Å². The van der Waals surface area contributed by atoms with Gasteiger partial charge in [-0.2, -0.15) is 5.10 Å². The van der Waals surface area contributed by atoms with E-state index in [4.69, 9.17) is 5.73 Å². The smallest absolute Gasteiger partial charge is 0.293 e. The Morgan fingerprint density at radius 2 is 2.29 bits per heavy atom. The number of hydrogen-bond donors (Lipinski definition) is 2. The number of nitrogens with zero attached hydrogens (tertiary/aromatic N) is 4. The molecule has 0 atom stereocenters. The van der Waals surface area contributed by atoms with Gasteiger partial charge >= 0.3 is 0 Å². The predicted molar refractivity (Wildman–Crippen MR) is 69.6 cm³/mol. The van der Waals surface area contributed by atoms with Gasteiger partial charge in [0.15, 0.2) is 0 Å². The molecule has 21 heavy (non-hydrogen) atoms. The zero-order chi connectivity index (χ0) is 15.6. The Balaban J connectivity index is 2.34. The highest BCUT2D eigenvalue weighted by Crippen LogP contribution is 2.28. The second-order valence-corrected chi connectivity index (χ2v) is 4.21. The van der Waals surface area contributed by atoms with E-state index >= 15 is 0 Å². The minimum atomic E-state index is -0.924. The van der Waals surface area contributed by atoms with Gasteiger partial charge in [-0.3, -0.25) is 20.0 Å². The van der Waals surface area contributed by atoms with Gasteiger partial charge in [-0.15, -0.1) is 0 Å². The van der Waals surface area contributed by atoms with Crippen LogP contribution in [0.2, 0.25) is 0 Å². The molecule has 1 heterocycles. The topological polar surface area (TPSA) is 131 Å². The van der Waals surface area contributed by atoms with Crippen molar-refractivity contribution in [2.75, 3.05) is 12.8 Å². The molecule has 1 aromatic carbocycles. The molecular formula is C11H11FN6O3. The molecule has 9 nitrogen and oxygen atoms in total. The van der Waals surface area contributed by atoms with Crippen molar-refractivity contribution >= 4 is 17.3 Å². The Morgan fingerprint density at radius 1 is 1.57 bits per heavy atom. The molecular weight excluding hydrogens is 283 g/mol. The summed E-state index contributed by atoms with van der Waals surface area (Å²) in [6.45, 7) is 0.0282. The van der Waals surface area contributed by atoms with Crippen LogP contribution in [0.25, 0.3) is 0 Å². The lowest BCUT2D eigenvalue weighted by Gasteiger charge is -2.17. The first-order chi connectivity index (χ1) is 9.91. The van der Waals surface area contributed by atoms with Gasteiger partial charge in [0.25, 0.3) is 11.6 Å². The van der Waals surface area contributed by atoms with E-state index in [0.717, 1.165) is 17.0 Å². The summed E-state index contributed by atoms with van der Waals surface area (Å²) in [6.07, 6.45) is 1.26. The number of carbonyl (C=O) groups excluding carboxylic acids is 1. The number of nitrogens with one attached hydrogen (secondary N) is 1. The number of aromatic nitrogens is 3. The summed E-state index contributed by atoms with van der Waals surface area (Å²) in [6, 6.07) is 1.75. The Hall–Kier alpha value is -3.04. The molecule has 0 saturated carbocycles. The molecule has 2 rings (SSSR count). The summed E-state index contributed by atoms with van der Waals surface area (Å²) in [4.78, 5) is 27.2. The molecule has 0 spiro atoms. The number of nitro groups is 1. The van der Waals surface area contributed by atoms with E-state index in [9.17, 15) is 19.3 Å². The van der Waals surface area contributed by atoms with Crippen LogP contribution in [0.15, 0.2) is 18.5 Å². The maximum atomic E-state index is 13.8. The van der Waals surface area contributed by atoms with Crippen molar-refractivity contribution in [2.24, 2.45) is 0 Å². The second-order valence-electron chi connectivity index (χ2n) is 4.21. The summed E-state index contributed by atoms with van der Waals surface area (Å²) < 4.78 is 13.8. The van der Waals surface area contributed by atoms with Gasteiger partial charge in [0.2, 0.25) is 0 Å². The van der Waals surface area contributed by atoms with Crippen molar-refractivity contribution < 1.29 is 14.1 Å². The Morgan fingerprint density at radius 3 is 2.86 bits per heavy atom. The van der Waals surface area contributed by atoms with Crippen molar-refractivity contribution in [3.8, 4) is 0 Å². The van der Waals surface area contributed by atoms with Crippen molar-refractivity contribution in [1.29, 1.82) is 0 Å². The highest BCUT2D eigenvalue weighted by atomic mass is 19.1. The third-order valence-corrected chi connectivity index (χ3v) is 2.78. The van der Waals surface area contributed by atoms with Gasteiger partial charge in [-0.25, -0.2) is 9.37 Å². The zero-order valence-corrected chi connectivity index (χ0v) is 10.9. The minimum Gasteiger partial charge on any atom is -0.392 e. The first-order valence-corrected chi connectivity index (χ1v) is 5.74. The number of benzene rings is 1. The molecule has 0 aliphatic rings. The van der Waals surface area contributed by atoms with E-state index in [1.807, 2.05) is 0 Å². The zero-order valence-electron chi connectivity index (χ0n) is 10.9. The fraction of sp³-hybridized carbons (Fsp3) is 0.182. The summed E-state index contributed by atoms with van der Waals surface area (Å²) in [7, 11) is 1.39. The monoisotopic (exact) mass is 294 g/mol. The van der Waals surface area contributed by atoms with E-state index in [1.54, 1.807) is 0 Å². The number of hydrogen-bond acceptors (Lipinski definition) is 6. The molecule has 0 radical (unpaired) electrons. The Labute approximate surface area is 117 Å². The summed E-state index contributed by atoms with van der Waals surface area (Å²) in [5, 5.41) is 17.0. The molecule has 0 bridgehead atoms. The van der Waals surface area contributed by atoms with E-state index in [-0.39, 0.29) is 6.54 Å². The first-order valence-electron chi connectivity index (χ1n) is 5.74. The highest BCUT2D eigenvalue weighted by molar-refractivity contribution is 6.01. The van der Waals surface area contributed by atoms with Crippen molar-refractivity contribution in [2.45, 2.75) is 6.54 Å². The summed E-state index contributed by atoms with van der Waals surface area (Å²) in [5.41, 5.74) is 3.97. The normalized spacial score (nSPS) is 10.4. The minimum absolute atomic E-state index is 0.0282. The van der Waals surface area contributed by atoms with Crippen LogP contribution in [0.1, 0.15) is 16.2 Å². The molecule has 0 unspecified atom stereocenters. The van der Waals surface area contributed by atoms with E-state index in [1.165, 1.54) is 13.4 Å². The lowest BCUT2D eigenvalue weighted by Crippen LogP contribution is -2.28. The number of nitrogen functional groups attached to an aromatic ring is 1. The number of anilines is 1. The predicted octanol–water partition coefficient (Wildman–Crippen LogP) is 0.706. The molecule has 1 amide bonds. The van der Waals surface area contributed by atoms with Gasteiger partial charge in [0.1, 0.15) is 29.2 Å². The van der Waals surface area contributed by atoms with Crippen LogP contribution in [0, 0.1) is 15.9 Å². The third-order valence-electron chi connectivity index (χ3n) is 2.78. The number of nitro benzene ring substituents is 1. The Kier molecular flexibility index (Phi) is 3.78. The first kappa shape index (κ1) is 14.4. The second kappa shape index (κ2) is 5.53. The molecule has 0 saturated heterocycles. The average molecular weight is 294 g/mol. The Bertz CT molecular complexity index is 688. The van der Waals surface area contributed by atoms with Crippen molar-refractivity contribution in [3.63, 3.8) is 0 Å².